The second kappa shape index (κ2) is 6.34. The van der Waals surface area contributed by atoms with Gasteiger partial charge in [-0.2, -0.15) is 0 Å². The Labute approximate surface area is 97.4 Å². The van der Waals surface area contributed by atoms with Crippen LogP contribution in [-0.4, -0.2) is 5.75 Å². The number of hydrogen-bond donors (Lipinski definition) is 0. The van der Waals surface area contributed by atoms with E-state index in [1.165, 1.54) is 44.3 Å². The van der Waals surface area contributed by atoms with Crippen molar-refractivity contribution in [3.05, 3.63) is 0 Å². The molecule has 0 nitrogen and oxygen atoms in total. The van der Waals surface area contributed by atoms with Gasteiger partial charge in [-0.15, -0.1) is 0 Å². The Hall–Kier alpha value is 0.360. The van der Waals surface area contributed by atoms with E-state index in [1.54, 1.807) is 0 Å². The van der Waals surface area contributed by atoms with E-state index in [2.05, 4.69) is 19.6 Å². The molecular weight excluding hydrogens is 273 g/mol. The van der Waals surface area contributed by atoms with Crippen molar-refractivity contribution in [3.8, 4) is 0 Å². The third kappa shape index (κ3) is 63.4. The minimum absolute atomic E-state index is 1.17. The molecule has 0 aliphatic rings. The van der Waals surface area contributed by atoms with E-state index in [0.29, 0.717) is 0 Å². The summed E-state index contributed by atoms with van der Waals surface area (Å²) in [6, 6.07) is 0. The van der Waals surface area contributed by atoms with Crippen molar-refractivity contribution in [1.82, 2.24) is 0 Å². The van der Waals surface area contributed by atoms with Crippen LogP contribution in [0.1, 0.15) is 45.4 Å². The van der Waals surface area contributed by atoms with Gasteiger partial charge in [0.25, 0.3) is 0 Å². The topological polar surface area (TPSA) is 0 Å². The van der Waals surface area contributed by atoms with Crippen LogP contribution < -0.4 is 0 Å². The molecule has 0 aliphatic carbocycles. The van der Waals surface area contributed by atoms with E-state index >= 15 is 0 Å². The summed E-state index contributed by atoms with van der Waals surface area (Å²) in [5, 5.41) is 0. The molecule has 0 aliphatic heterocycles. The minimum atomic E-state index is -10.7. The van der Waals surface area contributed by atoms with Gasteiger partial charge in [0.05, 0.1) is 0 Å². The van der Waals surface area contributed by atoms with Crippen molar-refractivity contribution in [2.24, 2.45) is 0 Å². The van der Waals surface area contributed by atoms with Crippen molar-refractivity contribution in [2.75, 3.05) is 5.75 Å². The monoisotopic (exact) mass is 292 g/mol. The first-order valence-electron chi connectivity index (χ1n) is 5.07. The fourth-order valence-electron chi connectivity index (χ4n) is 0.905. The van der Waals surface area contributed by atoms with Gasteiger partial charge in [0.2, 0.25) is 0 Å². The summed E-state index contributed by atoms with van der Waals surface area (Å²) in [6.07, 6.45) is 8.39. The van der Waals surface area contributed by atoms with Crippen LogP contribution in [0.3, 0.4) is 0 Å². The third-order valence-electron chi connectivity index (χ3n) is 1.53. The van der Waals surface area contributed by atoms with Gasteiger partial charge >= 0.3 is 33.0 Å². The average Bonchev–Trinajstić information content (AvgIpc) is 1.98. The summed E-state index contributed by atoms with van der Waals surface area (Å²) in [5.74, 6) is 1.17. The zero-order chi connectivity index (χ0) is 13.4. The molecule has 0 N–H and O–H groups in total. The molecule has 0 amide bonds. The molecule has 0 radical (unpaired) electrons. The first kappa shape index (κ1) is 18.7. The molecule has 0 aromatic heterocycles. The van der Waals surface area contributed by atoms with Gasteiger partial charge in [0.1, 0.15) is 5.75 Å². The van der Waals surface area contributed by atoms with E-state index in [4.69, 9.17) is 0 Å². The number of hydrogen-bond acceptors (Lipinski definition) is 0. The summed E-state index contributed by atoms with van der Waals surface area (Å²) in [7, 11) is -10.7. The first-order valence-corrected chi connectivity index (χ1v) is 7.81. The summed E-state index contributed by atoms with van der Waals surface area (Å²) in [6.45, 7) is 2.25. The Morgan fingerprint density at radius 2 is 1.06 bits per heavy atom. The summed E-state index contributed by atoms with van der Waals surface area (Å²) in [4.78, 5) is 0. The normalized spacial score (nSPS) is 15.8. The summed E-state index contributed by atoms with van der Waals surface area (Å²) >= 11 is 3.46. The maximum absolute atomic E-state index is 10.7. The van der Waals surface area contributed by atoms with Crippen LogP contribution in [-0.2, 0) is 12.6 Å². The summed E-state index contributed by atoms with van der Waals surface area (Å²) in [5.41, 5.74) is 0. The predicted molar refractivity (Wildman–Crippen MR) is 62.0 cm³/mol. The van der Waals surface area contributed by atoms with Gasteiger partial charge in [-0.25, -0.2) is 0 Å². The van der Waals surface area contributed by atoms with Gasteiger partial charge in [-0.05, 0) is 25.5 Å². The zero-order valence-electron chi connectivity index (χ0n) is 9.16. The van der Waals surface area contributed by atoms with Crippen LogP contribution in [0.5, 0.6) is 0 Å². The molecule has 0 atom stereocenters. The SMILES string of the molecule is CCCCCCCC[SH2+].F[P-](F)(F)(F)(F)F. The van der Waals surface area contributed by atoms with E-state index < -0.39 is 7.81 Å². The van der Waals surface area contributed by atoms with Crippen molar-refractivity contribution >= 4 is 20.4 Å². The first-order chi connectivity index (χ1) is 6.86. The molecule has 0 rings (SSSR count). The quantitative estimate of drug-likeness (QED) is 0.253. The molecule has 0 aromatic carbocycles. The van der Waals surface area contributed by atoms with E-state index in [-0.39, 0.29) is 0 Å². The molecule has 16 heavy (non-hydrogen) atoms. The molecule has 0 spiro atoms. The van der Waals surface area contributed by atoms with Crippen molar-refractivity contribution in [3.63, 3.8) is 0 Å². The van der Waals surface area contributed by atoms with Crippen LogP contribution in [0.4, 0.5) is 25.2 Å². The zero-order valence-corrected chi connectivity index (χ0v) is 11.1. The maximum atomic E-state index is 9.87. The molecule has 0 aromatic rings. The fraction of sp³-hybridized carbons (Fsp3) is 1.00. The fourth-order valence-corrected chi connectivity index (χ4v) is 1.16. The predicted octanol–water partition coefficient (Wildman–Crippen LogP) is 5.74. The van der Waals surface area contributed by atoms with Crippen LogP contribution in [0.25, 0.3) is 0 Å². The van der Waals surface area contributed by atoms with E-state index in [1.807, 2.05) is 0 Å². The van der Waals surface area contributed by atoms with E-state index in [0.717, 1.165) is 0 Å². The number of rotatable bonds is 6. The molecular formula is C8H19F6PS. The molecule has 0 heterocycles. The van der Waals surface area contributed by atoms with Gasteiger partial charge in [0, 0.05) is 0 Å². The average molecular weight is 292 g/mol. The van der Waals surface area contributed by atoms with Gasteiger partial charge in [-0.1, -0.05) is 32.6 Å². The van der Waals surface area contributed by atoms with Crippen molar-refractivity contribution < 1.29 is 25.2 Å². The van der Waals surface area contributed by atoms with E-state index in [9.17, 15) is 25.2 Å². The second-order valence-corrected chi connectivity index (χ2v) is 5.89. The third-order valence-corrected chi connectivity index (χ3v) is 1.88. The van der Waals surface area contributed by atoms with Crippen LogP contribution in [0.2, 0.25) is 0 Å². The molecule has 8 heteroatoms. The number of unbranched alkanes of at least 4 members (excludes halogenated alkanes) is 5. The Kier molecular flexibility index (Phi) is 7.41. The van der Waals surface area contributed by atoms with Gasteiger partial charge in [0.15, 0.2) is 0 Å². The van der Waals surface area contributed by atoms with Gasteiger partial charge in [-0.3, -0.25) is 0 Å². The summed E-state index contributed by atoms with van der Waals surface area (Å²) < 4.78 is 59.2. The van der Waals surface area contributed by atoms with Crippen LogP contribution >= 0.6 is 7.81 Å². The standard InChI is InChI=1S/C8H18S.F6P/c1-2-3-4-5-6-7-8-9;1-7(2,3,4,5)6/h9H,2-8H2,1H3;/q;-1/p+1. The van der Waals surface area contributed by atoms with Gasteiger partial charge < -0.3 is 0 Å². The van der Waals surface area contributed by atoms with Crippen molar-refractivity contribution in [2.45, 2.75) is 45.4 Å². The van der Waals surface area contributed by atoms with Crippen molar-refractivity contribution in [1.29, 1.82) is 0 Å². The Bertz CT molecular complexity index is 156. The Balaban J connectivity index is 0. The van der Waals surface area contributed by atoms with Crippen LogP contribution in [0, 0.1) is 0 Å². The molecule has 0 bridgehead atoms. The van der Waals surface area contributed by atoms with Crippen LogP contribution in [0.15, 0.2) is 0 Å². The second-order valence-electron chi connectivity index (χ2n) is 3.48. The Morgan fingerprint density at radius 1 is 0.750 bits per heavy atom. The number of halogens is 6. The molecule has 0 unspecified atom stereocenters. The molecule has 0 saturated carbocycles. The Morgan fingerprint density at radius 3 is 1.38 bits per heavy atom. The molecule has 104 valence electrons. The molecule has 0 fully saturated rings. The molecule has 0 saturated heterocycles.